The van der Waals surface area contributed by atoms with Crippen LogP contribution in [0.3, 0.4) is 0 Å². The molecule has 6 rings (SSSR count). The highest BCUT2D eigenvalue weighted by molar-refractivity contribution is 5.95. The molecule has 3 aromatic rings. The van der Waals surface area contributed by atoms with Gasteiger partial charge in [0.1, 0.15) is 30.0 Å². The molecule has 0 aromatic heterocycles. The third kappa shape index (κ3) is 11.6. The van der Waals surface area contributed by atoms with E-state index in [0.717, 1.165) is 41.5 Å². The topological polar surface area (TPSA) is 181 Å². The smallest absolute Gasteiger partial charge is 0.246 e. The van der Waals surface area contributed by atoms with Crippen molar-refractivity contribution in [3.05, 3.63) is 106 Å². The van der Waals surface area contributed by atoms with Crippen molar-refractivity contribution in [2.24, 2.45) is 10.8 Å². The van der Waals surface area contributed by atoms with E-state index in [1.165, 1.54) is 16.5 Å². The third-order valence-electron chi connectivity index (χ3n) is 14.2. The van der Waals surface area contributed by atoms with E-state index in [1.807, 2.05) is 77.9 Å². The molecule has 6 N–H and O–H groups in total. The van der Waals surface area contributed by atoms with Crippen molar-refractivity contribution in [1.29, 1.82) is 0 Å². The standard InChI is InChI=1S/C53H73FN8O6/c1-30(38-19-14-15-21-40(38)54)57-48(65)42-26-35-24-23-34(25-36(35)28-61(42)50(67)44(52(4,5)6)59-46(63)31(2)55-10)37-27-43(49(66)58-41-22-16-18-33-17-12-13-20-39(33)41)62(29-37)51(68)45(53(7,8)9)60-47(64)32(3)56-11/h12-15,17,19-21,23-25,30-32,37,41-45,55-56H,16,18,22,26-29H2,1-11H3,(H,57,65)(H,58,66)(H,59,63)(H,60,64)/t30-,31+,32+,37?,41-,42?,43+,44?,45?/m1/s1. The average Bonchev–Trinajstić information content (AvgIpc) is 3.76. The number of amides is 6. The first-order valence-electron chi connectivity index (χ1n) is 24.1. The molecule has 2 aliphatic heterocycles. The van der Waals surface area contributed by atoms with Gasteiger partial charge in [-0.2, -0.15) is 0 Å². The van der Waals surface area contributed by atoms with Crippen molar-refractivity contribution < 1.29 is 33.2 Å². The fraction of sp³-hybridized carbons (Fsp3) is 0.547. The Hall–Kier alpha value is -5.67. The highest BCUT2D eigenvalue weighted by Crippen LogP contribution is 2.38. The molecule has 3 aliphatic rings. The van der Waals surface area contributed by atoms with Gasteiger partial charge in [-0.05, 0) is 105 Å². The largest absolute Gasteiger partial charge is 0.348 e. The van der Waals surface area contributed by atoms with Crippen LogP contribution >= 0.6 is 0 Å². The van der Waals surface area contributed by atoms with Crippen molar-refractivity contribution in [3.63, 3.8) is 0 Å². The van der Waals surface area contributed by atoms with Crippen LogP contribution in [-0.2, 0) is 48.2 Å². The summed E-state index contributed by atoms with van der Waals surface area (Å²) in [7, 11) is 3.34. The van der Waals surface area contributed by atoms with Gasteiger partial charge in [-0.15, -0.1) is 0 Å². The van der Waals surface area contributed by atoms with Crippen LogP contribution in [0.2, 0.25) is 0 Å². The second-order valence-corrected chi connectivity index (χ2v) is 21.2. The van der Waals surface area contributed by atoms with Crippen molar-refractivity contribution in [3.8, 4) is 0 Å². The van der Waals surface area contributed by atoms with Crippen LogP contribution in [0.1, 0.15) is 133 Å². The van der Waals surface area contributed by atoms with Crippen LogP contribution in [0.5, 0.6) is 0 Å². The van der Waals surface area contributed by atoms with Crippen molar-refractivity contribution in [2.75, 3.05) is 20.6 Å². The Morgan fingerprint density at radius 3 is 1.87 bits per heavy atom. The summed E-state index contributed by atoms with van der Waals surface area (Å²) in [5.41, 5.74) is 3.60. The van der Waals surface area contributed by atoms with Gasteiger partial charge in [0, 0.05) is 31.0 Å². The molecule has 1 fully saturated rings. The summed E-state index contributed by atoms with van der Waals surface area (Å²) in [6.07, 6.45) is 3.07. The number of hydrogen-bond donors (Lipinski definition) is 6. The minimum absolute atomic E-state index is 0.0281. The molecule has 0 spiro atoms. The van der Waals surface area contributed by atoms with Crippen LogP contribution in [0.4, 0.5) is 4.39 Å². The van der Waals surface area contributed by atoms with Gasteiger partial charge in [0.25, 0.3) is 0 Å². The Kier molecular flexibility index (Phi) is 16.2. The van der Waals surface area contributed by atoms with Gasteiger partial charge in [-0.1, -0.05) is 102 Å². The Morgan fingerprint density at radius 1 is 0.676 bits per heavy atom. The van der Waals surface area contributed by atoms with E-state index in [4.69, 9.17) is 0 Å². The molecule has 14 nitrogen and oxygen atoms in total. The van der Waals surface area contributed by atoms with E-state index in [2.05, 4.69) is 38.0 Å². The van der Waals surface area contributed by atoms with E-state index < -0.39 is 70.8 Å². The van der Waals surface area contributed by atoms with Crippen LogP contribution in [-0.4, -0.2) is 102 Å². The van der Waals surface area contributed by atoms with Gasteiger partial charge in [-0.25, -0.2) is 4.39 Å². The van der Waals surface area contributed by atoms with Crippen LogP contribution in [0.25, 0.3) is 0 Å². The van der Waals surface area contributed by atoms with Crippen LogP contribution in [0, 0.1) is 16.6 Å². The van der Waals surface area contributed by atoms with E-state index in [-0.39, 0.29) is 55.1 Å². The van der Waals surface area contributed by atoms with E-state index >= 15 is 0 Å². The number of nitrogens with one attached hydrogen (secondary N) is 6. The normalized spacial score (nSPS) is 21.5. The zero-order chi connectivity index (χ0) is 49.8. The van der Waals surface area contributed by atoms with Crippen LogP contribution < -0.4 is 31.9 Å². The first-order valence-corrected chi connectivity index (χ1v) is 24.1. The summed E-state index contributed by atoms with van der Waals surface area (Å²) in [6, 6.07) is 14.4. The lowest BCUT2D eigenvalue weighted by Gasteiger charge is -2.41. The second kappa shape index (κ2) is 21.3. The first-order chi connectivity index (χ1) is 32.0. The Morgan fingerprint density at radius 2 is 1.26 bits per heavy atom. The molecule has 6 amide bonds. The lowest BCUT2D eigenvalue weighted by Crippen LogP contribution is -2.62. The lowest BCUT2D eigenvalue weighted by molar-refractivity contribution is -0.147. The highest BCUT2D eigenvalue weighted by atomic mass is 19.1. The summed E-state index contributed by atoms with van der Waals surface area (Å²) in [4.78, 5) is 88.7. The number of carbonyl (C=O) groups is 6. The number of halogens is 1. The second-order valence-electron chi connectivity index (χ2n) is 21.2. The predicted octanol–water partition coefficient (Wildman–Crippen LogP) is 5.11. The molecule has 0 radical (unpaired) electrons. The summed E-state index contributed by atoms with van der Waals surface area (Å²) in [5, 5.41) is 18.1. The fourth-order valence-corrected chi connectivity index (χ4v) is 9.70. The molecule has 1 aliphatic carbocycles. The van der Waals surface area contributed by atoms with E-state index in [1.54, 1.807) is 58.0 Å². The SMILES string of the molecule is CN[C@@H](C)C(=O)NC(C(=O)N1Cc2cc(C3C[C@@H](C(=O)N[C@@H]4CCCc5ccccc54)N(C(=O)C(NC(=O)[C@H](C)NC)C(C)(C)C)C3)ccc2CC1C(=O)N[C@H](C)c1ccccc1F)C(C)(C)C. The van der Waals surface area contributed by atoms with E-state index in [0.29, 0.717) is 12.0 Å². The highest BCUT2D eigenvalue weighted by Gasteiger charge is 2.47. The Balaban J connectivity index is 1.35. The minimum atomic E-state index is -1.01. The molecule has 4 unspecified atom stereocenters. The van der Waals surface area contributed by atoms with Gasteiger partial charge >= 0.3 is 0 Å². The molecule has 68 heavy (non-hydrogen) atoms. The maximum atomic E-state index is 15.0. The van der Waals surface area contributed by atoms with Gasteiger partial charge in [0.05, 0.1) is 24.2 Å². The number of likely N-dealkylation sites (tertiary alicyclic amines) is 1. The van der Waals surface area contributed by atoms with Crippen molar-refractivity contribution >= 4 is 35.4 Å². The number of likely N-dealkylation sites (N-methyl/N-ethyl adjacent to an activating group) is 2. The number of aryl methyl sites for hydroxylation is 1. The molecule has 0 bridgehead atoms. The van der Waals surface area contributed by atoms with E-state index in [9.17, 15) is 33.2 Å². The molecule has 368 valence electrons. The number of rotatable bonds is 14. The Bertz CT molecular complexity index is 2360. The summed E-state index contributed by atoms with van der Waals surface area (Å²) in [5.74, 6) is -2.98. The molecule has 2 heterocycles. The number of fused-ring (bicyclic) bond motifs is 2. The summed E-state index contributed by atoms with van der Waals surface area (Å²) >= 11 is 0. The number of hydrogen-bond acceptors (Lipinski definition) is 8. The molecule has 3 aromatic carbocycles. The molecular formula is C53H73FN8O6. The maximum absolute atomic E-state index is 15.0. The van der Waals surface area contributed by atoms with Gasteiger partial charge in [0.15, 0.2) is 0 Å². The summed E-state index contributed by atoms with van der Waals surface area (Å²) in [6.45, 7) is 16.6. The average molecular weight is 937 g/mol. The van der Waals surface area contributed by atoms with Gasteiger partial charge < -0.3 is 41.7 Å². The quantitative estimate of drug-likeness (QED) is 0.129. The first kappa shape index (κ1) is 51.7. The molecular weight excluding hydrogens is 864 g/mol. The summed E-state index contributed by atoms with van der Waals surface area (Å²) < 4.78 is 14.9. The predicted molar refractivity (Wildman–Crippen MR) is 260 cm³/mol. The lowest BCUT2D eigenvalue weighted by atomic mass is 9.83. The monoisotopic (exact) mass is 937 g/mol. The zero-order valence-electron chi connectivity index (χ0n) is 41.7. The third-order valence-corrected chi connectivity index (χ3v) is 14.2. The molecule has 15 heteroatoms. The number of nitrogens with zero attached hydrogens (tertiary/aromatic N) is 2. The number of carbonyl (C=O) groups excluding carboxylic acids is 6. The zero-order valence-corrected chi connectivity index (χ0v) is 41.7. The maximum Gasteiger partial charge on any atom is 0.246 e. The van der Waals surface area contributed by atoms with Gasteiger partial charge in [0.2, 0.25) is 35.4 Å². The fourth-order valence-electron chi connectivity index (χ4n) is 9.70. The van der Waals surface area contributed by atoms with Crippen molar-refractivity contribution in [2.45, 2.75) is 155 Å². The van der Waals surface area contributed by atoms with Crippen LogP contribution in [0.15, 0.2) is 66.7 Å². The molecule has 9 atom stereocenters. The Labute approximate surface area is 401 Å². The van der Waals surface area contributed by atoms with Crippen molar-refractivity contribution in [1.82, 2.24) is 41.7 Å². The molecule has 1 saturated heterocycles. The number of benzene rings is 3. The molecule has 0 saturated carbocycles. The van der Waals surface area contributed by atoms with Gasteiger partial charge in [-0.3, -0.25) is 28.8 Å². The minimum Gasteiger partial charge on any atom is -0.348 e.